The second kappa shape index (κ2) is 4.52. The SMILES string of the molecule is FC(C1=CCCCC1)c1cccc2c1NCC2. The fraction of sp³-hybridized carbons (Fsp3) is 0.467. The zero-order valence-electron chi connectivity index (χ0n) is 10.0. The predicted octanol–water partition coefficient (Wildman–Crippen LogP) is 4.17. The first-order valence-corrected chi connectivity index (χ1v) is 6.55. The number of alkyl halides is 1. The Labute approximate surface area is 102 Å². The third kappa shape index (κ3) is 1.97. The van der Waals surface area contributed by atoms with E-state index >= 15 is 0 Å². The molecule has 3 rings (SSSR count). The molecule has 1 aliphatic heterocycles. The molecule has 1 N–H and O–H groups in total. The van der Waals surface area contributed by atoms with Gasteiger partial charge in [0.1, 0.15) is 6.17 Å². The Kier molecular flexibility index (Phi) is 2.87. The van der Waals surface area contributed by atoms with Crippen LogP contribution < -0.4 is 5.32 Å². The summed E-state index contributed by atoms with van der Waals surface area (Å²) in [6.45, 7) is 0.943. The molecule has 1 nitrogen and oxygen atoms in total. The van der Waals surface area contributed by atoms with E-state index in [1.807, 2.05) is 12.1 Å². The number of nitrogens with one attached hydrogen (secondary N) is 1. The van der Waals surface area contributed by atoms with E-state index in [4.69, 9.17) is 0 Å². The van der Waals surface area contributed by atoms with E-state index in [1.165, 1.54) is 12.0 Å². The van der Waals surface area contributed by atoms with Crippen molar-refractivity contribution >= 4 is 5.69 Å². The second-order valence-electron chi connectivity index (χ2n) is 4.95. The minimum absolute atomic E-state index is 0.841. The van der Waals surface area contributed by atoms with Crippen molar-refractivity contribution in [1.29, 1.82) is 0 Å². The summed E-state index contributed by atoms with van der Waals surface area (Å²) in [7, 11) is 0. The van der Waals surface area contributed by atoms with Crippen LogP contribution in [-0.4, -0.2) is 6.54 Å². The molecule has 0 saturated carbocycles. The van der Waals surface area contributed by atoms with Crippen LogP contribution in [0.3, 0.4) is 0 Å². The lowest BCUT2D eigenvalue weighted by Crippen LogP contribution is -2.04. The topological polar surface area (TPSA) is 12.0 Å². The lowest BCUT2D eigenvalue weighted by molar-refractivity contribution is 0.378. The number of hydrogen-bond acceptors (Lipinski definition) is 1. The monoisotopic (exact) mass is 231 g/mol. The summed E-state index contributed by atoms with van der Waals surface area (Å²) in [6, 6.07) is 6.01. The van der Waals surface area contributed by atoms with Crippen LogP contribution in [0.2, 0.25) is 0 Å². The number of halogens is 1. The fourth-order valence-electron chi connectivity index (χ4n) is 2.87. The number of fused-ring (bicyclic) bond motifs is 1. The van der Waals surface area contributed by atoms with Crippen LogP contribution in [0.1, 0.15) is 43.0 Å². The summed E-state index contributed by atoms with van der Waals surface area (Å²) in [6.07, 6.45) is 6.52. The number of allylic oxidation sites excluding steroid dienone is 2. The largest absolute Gasteiger partial charge is 0.384 e. The van der Waals surface area contributed by atoms with Gasteiger partial charge < -0.3 is 5.32 Å². The van der Waals surface area contributed by atoms with Gasteiger partial charge in [-0.2, -0.15) is 0 Å². The van der Waals surface area contributed by atoms with Crippen molar-refractivity contribution in [2.75, 3.05) is 11.9 Å². The molecule has 1 unspecified atom stereocenters. The molecule has 0 bridgehead atoms. The molecule has 0 aromatic heterocycles. The maximum atomic E-state index is 14.6. The first-order valence-electron chi connectivity index (χ1n) is 6.55. The average Bonchev–Trinajstić information content (AvgIpc) is 2.87. The molecule has 2 aliphatic rings. The maximum absolute atomic E-state index is 14.6. The van der Waals surface area contributed by atoms with E-state index in [9.17, 15) is 4.39 Å². The number of hydrogen-bond donors (Lipinski definition) is 1. The molecule has 0 radical (unpaired) electrons. The molecule has 0 spiro atoms. The summed E-state index contributed by atoms with van der Waals surface area (Å²) in [5.74, 6) is 0. The van der Waals surface area contributed by atoms with Crippen molar-refractivity contribution in [3.05, 3.63) is 41.0 Å². The Bertz CT molecular complexity index is 450. The van der Waals surface area contributed by atoms with Crippen molar-refractivity contribution in [2.45, 2.75) is 38.3 Å². The van der Waals surface area contributed by atoms with Crippen molar-refractivity contribution in [1.82, 2.24) is 0 Å². The van der Waals surface area contributed by atoms with Crippen LogP contribution in [-0.2, 0) is 6.42 Å². The van der Waals surface area contributed by atoms with E-state index < -0.39 is 6.17 Å². The van der Waals surface area contributed by atoms with Crippen molar-refractivity contribution in [3.8, 4) is 0 Å². The molecule has 0 fully saturated rings. The number of anilines is 1. The van der Waals surface area contributed by atoms with Crippen LogP contribution in [0.25, 0.3) is 0 Å². The minimum atomic E-state index is -0.907. The maximum Gasteiger partial charge on any atom is 0.148 e. The van der Waals surface area contributed by atoms with Gasteiger partial charge in [0.05, 0.1) is 0 Å². The number of para-hydroxylation sites is 1. The molecular weight excluding hydrogens is 213 g/mol. The zero-order valence-corrected chi connectivity index (χ0v) is 10.0. The molecule has 1 aromatic carbocycles. The summed E-state index contributed by atoms with van der Waals surface area (Å²) in [5.41, 5.74) is 4.14. The van der Waals surface area contributed by atoms with Crippen molar-refractivity contribution < 1.29 is 4.39 Å². The van der Waals surface area contributed by atoms with Gasteiger partial charge in [0.25, 0.3) is 0 Å². The highest BCUT2D eigenvalue weighted by Gasteiger charge is 2.23. The van der Waals surface area contributed by atoms with Gasteiger partial charge in [-0.15, -0.1) is 0 Å². The second-order valence-corrected chi connectivity index (χ2v) is 4.95. The highest BCUT2D eigenvalue weighted by atomic mass is 19.1. The van der Waals surface area contributed by atoms with Gasteiger partial charge in [-0.1, -0.05) is 24.3 Å². The van der Waals surface area contributed by atoms with Gasteiger partial charge in [-0.3, -0.25) is 0 Å². The molecule has 1 atom stereocenters. The molecule has 1 aliphatic carbocycles. The molecule has 0 saturated heterocycles. The lowest BCUT2D eigenvalue weighted by atomic mass is 9.91. The van der Waals surface area contributed by atoms with Crippen LogP contribution in [0, 0.1) is 0 Å². The zero-order chi connectivity index (χ0) is 11.7. The Morgan fingerprint density at radius 1 is 1.18 bits per heavy atom. The van der Waals surface area contributed by atoms with E-state index in [-0.39, 0.29) is 0 Å². The van der Waals surface area contributed by atoms with Crippen LogP contribution >= 0.6 is 0 Å². The third-order valence-electron chi connectivity index (χ3n) is 3.80. The molecule has 1 aromatic rings. The highest BCUT2D eigenvalue weighted by Crippen LogP contribution is 2.39. The normalized spacial score (nSPS) is 20.4. The molecule has 90 valence electrons. The summed E-state index contributed by atoms with van der Waals surface area (Å²) in [5, 5.41) is 3.32. The molecular formula is C15H18FN. The Morgan fingerprint density at radius 2 is 2.12 bits per heavy atom. The minimum Gasteiger partial charge on any atom is -0.384 e. The molecule has 17 heavy (non-hydrogen) atoms. The quantitative estimate of drug-likeness (QED) is 0.753. The third-order valence-corrected chi connectivity index (χ3v) is 3.80. The fourth-order valence-corrected chi connectivity index (χ4v) is 2.87. The van der Waals surface area contributed by atoms with Gasteiger partial charge in [0.2, 0.25) is 0 Å². The highest BCUT2D eigenvalue weighted by molar-refractivity contribution is 5.63. The first kappa shape index (κ1) is 10.8. The van der Waals surface area contributed by atoms with Crippen LogP contribution in [0.5, 0.6) is 0 Å². The van der Waals surface area contributed by atoms with Crippen molar-refractivity contribution in [2.24, 2.45) is 0 Å². The summed E-state index contributed by atoms with van der Waals surface area (Å²) in [4.78, 5) is 0. The first-order chi connectivity index (χ1) is 8.36. The number of benzene rings is 1. The smallest absolute Gasteiger partial charge is 0.148 e. The lowest BCUT2D eigenvalue weighted by Gasteiger charge is -2.19. The van der Waals surface area contributed by atoms with Gasteiger partial charge in [-0.05, 0) is 43.2 Å². The molecule has 1 heterocycles. The molecule has 2 heteroatoms. The van der Waals surface area contributed by atoms with Gasteiger partial charge in [-0.25, -0.2) is 4.39 Å². The van der Waals surface area contributed by atoms with E-state index in [1.54, 1.807) is 0 Å². The Hall–Kier alpha value is -1.31. The number of rotatable bonds is 2. The standard InChI is InChI=1S/C15H18FN/c16-14(11-5-2-1-3-6-11)13-8-4-7-12-9-10-17-15(12)13/h4-5,7-8,14,17H,1-3,6,9-10H2. The summed E-state index contributed by atoms with van der Waals surface area (Å²) >= 11 is 0. The van der Waals surface area contributed by atoms with E-state index in [0.29, 0.717) is 0 Å². The van der Waals surface area contributed by atoms with Gasteiger partial charge in [0, 0.05) is 17.8 Å². The van der Waals surface area contributed by atoms with Gasteiger partial charge >= 0.3 is 0 Å². The van der Waals surface area contributed by atoms with Crippen molar-refractivity contribution in [3.63, 3.8) is 0 Å². The van der Waals surface area contributed by atoms with Gasteiger partial charge in [0.15, 0.2) is 0 Å². The van der Waals surface area contributed by atoms with E-state index in [0.717, 1.165) is 49.1 Å². The van der Waals surface area contributed by atoms with Crippen LogP contribution in [0.15, 0.2) is 29.8 Å². The summed E-state index contributed by atoms with van der Waals surface area (Å²) < 4.78 is 14.6. The van der Waals surface area contributed by atoms with E-state index in [2.05, 4.69) is 17.5 Å². The average molecular weight is 231 g/mol. The Morgan fingerprint density at radius 3 is 2.94 bits per heavy atom. The predicted molar refractivity (Wildman–Crippen MR) is 69.0 cm³/mol. The Balaban J connectivity index is 1.93. The van der Waals surface area contributed by atoms with Crippen LogP contribution in [0.4, 0.5) is 10.1 Å². The molecule has 0 amide bonds.